The molecule has 2 heterocycles. The van der Waals surface area contributed by atoms with Crippen molar-refractivity contribution in [1.29, 1.82) is 0 Å². The maximum Gasteiger partial charge on any atom is 0.146 e. The number of nitrogens with zero attached hydrogens (tertiary/aromatic N) is 2. The molecule has 0 spiro atoms. The third kappa shape index (κ3) is 3.12. The largest absolute Gasteiger partial charge is 0.505 e. The van der Waals surface area contributed by atoms with Crippen LogP contribution in [0.1, 0.15) is 36.9 Å². The Morgan fingerprint density at radius 1 is 1.00 bits per heavy atom. The molecule has 0 amide bonds. The average molecular weight is 332 g/mol. The number of hydrogen-bond donors (Lipinski definition) is 1. The molecule has 25 heavy (non-hydrogen) atoms. The molecule has 1 N–H and O–H groups in total. The van der Waals surface area contributed by atoms with E-state index in [-0.39, 0.29) is 6.04 Å². The molecule has 1 saturated heterocycles. The molecule has 3 aromatic rings. The first-order valence-electron chi connectivity index (χ1n) is 9.09. The van der Waals surface area contributed by atoms with Gasteiger partial charge in [-0.25, -0.2) is 0 Å². The van der Waals surface area contributed by atoms with Gasteiger partial charge in [0.1, 0.15) is 11.3 Å². The van der Waals surface area contributed by atoms with Gasteiger partial charge in [-0.15, -0.1) is 0 Å². The fraction of sp³-hybridized carbons (Fsp3) is 0.318. The number of piperidine rings is 1. The van der Waals surface area contributed by atoms with Crippen LogP contribution >= 0.6 is 0 Å². The number of pyridine rings is 1. The number of aromatic nitrogens is 1. The second-order valence-electron chi connectivity index (χ2n) is 7.11. The Morgan fingerprint density at radius 2 is 1.76 bits per heavy atom. The molecule has 1 aliphatic rings. The molecule has 1 aliphatic heterocycles. The highest BCUT2D eigenvalue weighted by atomic mass is 16.3. The molecule has 1 unspecified atom stereocenters. The van der Waals surface area contributed by atoms with Crippen molar-refractivity contribution in [3.63, 3.8) is 0 Å². The van der Waals surface area contributed by atoms with Crippen molar-refractivity contribution in [3.8, 4) is 5.75 Å². The third-order valence-electron chi connectivity index (χ3n) is 5.37. The van der Waals surface area contributed by atoms with Gasteiger partial charge in [0.15, 0.2) is 0 Å². The van der Waals surface area contributed by atoms with Crippen LogP contribution in [0, 0.1) is 5.92 Å². The molecule has 0 radical (unpaired) electrons. The number of phenols is 1. The van der Waals surface area contributed by atoms with E-state index in [1.807, 2.05) is 18.2 Å². The highest BCUT2D eigenvalue weighted by Gasteiger charge is 2.28. The molecule has 3 nitrogen and oxygen atoms in total. The summed E-state index contributed by atoms with van der Waals surface area (Å²) in [6.45, 7) is 4.44. The Bertz CT molecular complexity index is 854. The Labute approximate surface area is 148 Å². The smallest absolute Gasteiger partial charge is 0.146 e. The van der Waals surface area contributed by atoms with Crippen LogP contribution < -0.4 is 0 Å². The van der Waals surface area contributed by atoms with Gasteiger partial charge in [0.25, 0.3) is 0 Å². The van der Waals surface area contributed by atoms with Gasteiger partial charge in [0, 0.05) is 17.1 Å². The summed E-state index contributed by atoms with van der Waals surface area (Å²) >= 11 is 0. The molecule has 0 bridgehead atoms. The number of aromatic hydroxyl groups is 1. The number of likely N-dealkylation sites (tertiary alicyclic amines) is 1. The number of phenolic OH excluding ortho intramolecular Hbond substituents is 1. The molecule has 1 atom stereocenters. The Morgan fingerprint density at radius 3 is 2.52 bits per heavy atom. The van der Waals surface area contributed by atoms with E-state index in [1.165, 1.54) is 18.4 Å². The van der Waals surface area contributed by atoms with Crippen LogP contribution in [0.25, 0.3) is 10.9 Å². The first-order chi connectivity index (χ1) is 12.2. The number of hydrogen-bond acceptors (Lipinski definition) is 3. The minimum absolute atomic E-state index is 0.0695. The average Bonchev–Trinajstić information content (AvgIpc) is 2.66. The SMILES string of the molecule is CC1CCN(C(c2ccccc2)c2ccc3cccnc3c2O)CC1. The van der Waals surface area contributed by atoms with Crippen molar-refractivity contribution >= 4 is 10.9 Å². The molecule has 2 aromatic carbocycles. The van der Waals surface area contributed by atoms with Crippen molar-refractivity contribution in [2.45, 2.75) is 25.8 Å². The molecule has 0 saturated carbocycles. The standard InChI is InChI=1S/C22H24N2O/c1-16-11-14-24(15-12-16)21(18-6-3-2-4-7-18)19-10-9-17-8-5-13-23-20(17)22(19)25/h2-10,13,16,21,25H,11-12,14-15H2,1H3. The first kappa shape index (κ1) is 16.1. The van der Waals surface area contributed by atoms with Crippen LogP contribution in [0.15, 0.2) is 60.8 Å². The zero-order valence-corrected chi connectivity index (χ0v) is 14.6. The van der Waals surface area contributed by atoms with Crippen LogP contribution in [0.4, 0.5) is 0 Å². The molecule has 1 aromatic heterocycles. The molecule has 3 heteroatoms. The molecule has 128 valence electrons. The van der Waals surface area contributed by atoms with Crippen LogP contribution in [-0.4, -0.2) is 28.1 Å². The van der Waals surface area contributed by atoms with Gasteiger partial charge in [-0.1, -0.05) is 55.5 Å². The van der Waals surface area contributed by atoms with E-state index in [0.29, 0.717) is 11.3 Å². The predicted molar refractivity (Wildman–Crippen MR) is 102 cm³/mol. The summed E-state index contributed by atoms with van der Waals surface area (Å²) in [5.41, 5.74) is 2.86. The lowest BCUT2D eigenvalue weighted by Gasteiger charge is -2.37. The number of fused-ring (bicyclic) bond motifs is 1. The van der Waals surface area contributed by atoms with E-state index >= 15 is 0 Å². The Hall–Kier alpha value is -2.39. The van der Waals surface area contributed by atoms with Gasteiger partial charge in [0.05, 0.1) is 6.04 Å². The van der Waals surface area contributed by atoms with E-state index in [0.717, 1.165) is 30.0 Å². The minimum Gasteiger partial charge on any atom is -0.505 e. The zero-order valence-electron chi connectivity index (χ0n) is 14.6. The van der Waals surface area contributed by atoms with Crippen LogP contribution in [0.3, 0.4) is 0 Å². The van der Waals surface area contributed by atoms with Gasteiger partial charge in [-0.05, 0) is 43.5 Å². The second kappa shape index (κ2) is 6.85. The topological polar surface area (TPSA) is 36.4 Å². The van der Waals surface area contributed by atoms with Crippen LogP contribution in [-0.2, 0) is 0 Å². The number of rotatable bonds is 3. The summed E-state index contributed by atoms with van der Waals surface area (Å²) in [5.74, 6) is 1.09. The van der Waals surface area contributed by atoms with Crippen molar-refractivity contribution < 1.29 is 5.11 Å². The summed E-state index contributed by atoms with van der Waals surface area (Å²) < 4.78 is 0. The summed E-state index contributed by atoms with van der Waals surface area (Å²) in [6, 6.07) is 18.6. The number of benzene rings is 2. The molecule has 0 aliphatic carbocycles. The van der Waals surface area contributed by atoms with E-state index < -0.39 is 0 Å². The van der Waals surface area contributed by atoms with Gasteiger partial charge in [0.2, 0.25) is 0 Å². The fourth-order valence-corrected chi connectivity index (χ4v) is 3.88. The van der Waals surface area contributed by atoms with Crippen molar-refractivity contribution in [2.75, 3.05) is 13.1 Å². The maximum atomic E-state index is 11.0. The van der Waals surface area contributed by atoms with Crippen LogP contribution in [0.5, 0.6) is 5.75 Å². The van der Waals surface area contributed by atoms with Crippen molar-refractivity contribution in [3.05, 3.63) is 71.9 Å². The lowest BCUT2D eigenvalue weighted by molar-refractivity contribution is 0.156. The Balaban J connectivity index is 1.82. The second-order valence-corrected chi connectivity index (χ2v) is 7.11. The summed E-state index contributed by atoms with van der Waals surface area (Å²) in [6.07, 6.45) is 4.15. The van der Waals surface area contributed by atoms with Crippen LogP contribution in [0.2, 0.25) is 0 Å². The van der Waals surface area contributed by atoms with Gasteiger partial charge in [-0.3, -0.25) is 9.88 Å². The first-order valence-corrected chi connectivity index (χ1v) is 9.09. The summed E-state index contributed by atoms with van der Waals surface area (Å²) in [5, 5.41) is 11.9. The molecular formula is C22H24N2O. The molecule has 4 rings (SSSR count). The Kier molecular flexibility index (Phi) is 4.41. The zero-order chi connectivity index (χ0) is 17.2. The third-order valence-corrected chi connectivity index (χ3v) is 5.37. The predicted octanol–water partition coefficient (Wildman–Crippen LogP) is 4.76. The fourth-order valence-electron chi connectivity index (χ4n) is 3.88. The quantitative estimate of drug-likeness (QED) is 0.751. The maximum absolute atomic E-state index is 11.0. The van der Waals surface area contributed by atoms with E-state index in [9.17, 15) is 5.11 Å². The summed E-state index contributed by atoms with van der Waals surface area (Å²) in [7, 11) is 0. The van der Waals surface area contributed by atoms with Crippen molar-refractivity contribution in [1.82, 2.24) is 9.88 Å². The van der Waals surface area contributed by atoms with E-state index in [2.05, 4.69) is 53.2 Å². The highest BCUT2D eigenvalue weighted by Crippen LogP contribution is 2.39. The van der Waals surface area contributed by atoms with Gasteiger partial charge < -0.3 is 5.11 Å². The monoisotopic (exact) mass is 332 g/mol. The normalized spacial score (nSPS) is 17.6. The molecule has 1 fully saturated rings. The van der Waals surface area contributed by atoms with E-state index in [4.69, 9.17) is 0 Å². The molecular weight excluding hydrogens is 308 g/mol. The van der Waals surface area contributed by atoms with E-state index in [1.54, 1.807) is 6.20 Å². The summed E-state index contributed by atoms with van der Waals surface area (Å²) in [4.78, 5) is 6.91. The lowest BCUT2D eigenvalue weighted by Crippen LogP contribution is -2.36. The van der Waals surface area contributed by atoms with Gasteiger partial charge in [-0.2, -0.15) is 0 Å². The minimum atomic E-state index is 0.0695. The lowest BCUT2D eigenvalue weighted by atomic mass is 9.91. The highest BCUT2D eigenvalue weighted by molar-refractivity contribution is 5.85. The van der Waals surface area contributed by atoms with Crippen molar-refractivity contribution in [2.24, 2.45) is 5.92 Å². The van der Waals surface area contributed by atoms with Gasteiger partial charge >= 0.3 is 0 Å².